The van der Waals surface area contributed by atoms with E-state index in [-0.39, 0.29) is 17.5 Å². The quantitative estimate of drug-likeness (QED) is 0.653. The molecule has 19 heavy (non-hydrogen) atoms. The molecule has 1 fully saturated rings. The molecule has 2 rings (SSSR count). The highest BCUT2D eigenvalue weighted by atomic mass is 16.6. The lowest BCUT2D eigenvalue weighted by atomic mass is 10.1. The lowest BCUT2D eigenvalue weighted by molar-refractivity contribution is -0.385. The van der Waals surface area contributed by atoms with Crippen molar-refractivity contribution in [3.8, 4) is 5.75 Å². The van der Waals surface area contributed by atoms with Crippen LogP contribution < -0.4 is 0 Å². The number of aromatic hydroxyl groups is 1. The lowest BCUT2D eigenvalue weighted by Gasteiger charge is -2.22. The number of nitrogens with zero attached hydrogens (tertiary/aromatic N) is 2. The number of phenols is 1. The van der Waals surface area contributed by atoms with E-state index < -0.39 is 16.4 Å². The van der Waals surface area contributed by atoms with E-state index in [1.165, 1.54) is 18.2 Å². The molecule has 0 unspecified atom stereocenters. The van der Waals surface area contributed by atoms with Gasteiger partial charge in [-0.2, -0.15) is 0 Å². The van der Waals surface area contributed by atoms with E-state index in [1.54, 1.807) is 4.90 Å². The SMILES string of the molecule is CCCN(C(=O)c1cccc([N+](=O)[O-])c1O)C1CC1. The number of nitro groups is 1. The summed E-state index contributed by atoms with van der Waals surface area (Å²) in [6.45, 7) is 2.57. The fourth-order valence-corrected chi connectivity index (χ4v) is 2.08. The van der Waals surface area contributed by atoms with E-state index >= 15 is 0 Å². The van der Waals surface area contributed by atoms with Crippen LogP contribution in [0.25, 0.3) is 0 Å². The molecule has 1 aromatic rings. The summed E-state index contributed by atoms with van der Waals surface area (Å²) in [7, 11) is 0. The van der Waals surface area contributed by atoms with Crippen LogP contribution in [0.2, 0.25) is 0 Å². The number of carbonyl (C=O) groups excluding carboxylic acids is 1. The zero-order chi connectivity index (χ0) is 14.0. The van der Waals surface area contributed by atoms with Crippen molar-refractivity contribution >= 4 is 11.6 Å². The Labute approximate surface area is 110 Å². The van der Waals surface area contributed by atoms with E-state index in [1.807, 2.05) is 6.92 Å². The van der Waals surface area contributed by atoms with Crippen LogP contribution in [0.15, 0.2) is 18.2 Å². The highest BCUT2D eigenvalue weighted by Gasteiger charge is 2.34. The van der Waals surface area contributed by atoms with E-state index in [9.17, 15) is 20.0 Å². The maximum absolute atomic E-state index is 12.4. The number of phenolic OH excluding ortho intramolecular Hbond substituents is 1. The fraction of sp³-hybridized carbons (Fsp3) is 0.462. The Bertz CT molecular complexity index is 511. The highest BCUT2D eigenvalue weighted by molar-refractivity contribution is 5.98. The molecule has 0 aromatic heterocycles. The van der Waals surface area contributed by atoms with Crippen LogP contribution in [-0.2, 0) is 0 Å². The van der Waals surface area contributed by atoms with Gasteiger partial charge in [0.1, 0.15) is 0 Å². The van der Waals surface area contributed by atoms with Gasteiger partial charge in [-0.1, -0.05) is 13.0 Å². The second kappa shape index (κ2) is 5.26. The molecule has 1 aliphatic carbocycles. The van der Waals surface area contributed by atoms with Crippen LogP contribution in [0, 0.1) is 10.1 Å². The molecular weight excluding hydrogens is 248 g/mol. The first-order valence-corrected chi connectivity index (χ1v) is 6.33. The van der Waals surface area contributed by atoms with E-state index in [0.717, 1.165) is 19.3 Å². The van der Waals surface area contributed by atoms with Gasteiger partial charge in [-0.3, -0.25) is 14.9 Å². The maximum atomic E-state index is 12.4. The molecule has 102 valence electrons. The Hall–Kier alpha value is -2.11. The van der Waals surface area contributed by atoms with Crippen LogP contribution in [-0.4, -0.2) is 33.4 Å². The first kappa shape index (κ1) is 13.3. The van der Waals surface area contributed by atoms with Crippen molar-refractivity contribution in [1.29, 1.82) is 0 Å². The second-order valence-electron chi connectivity index (χ2n) is 4.66. The molecule has 1 saturated carbocycles. The number of para-hydroxylation sites is 1. The third-order valence-corrected chi connectivity index (χ3v) is 3.15. The smallest absolute Gasteiger partial charge is 0.311 e. The number of nitro benzene ring substituents is 1. The van der Waals surface area contributed by atoms with Crippen molar-refractivity contribution in [2.24, 2.45) is 0 Å². The Kier molecular flexibility index (Phi) is 3.69. The zero-order valence-corrected chi connectivity index (χ0v) is 10.7. The molecule has 1 aliphatic rings. The first-order valence-electron chi connectivity index (χ1n) is 6.33. The van der Waals surface area contributed by atoms with Crippen molar-refractivity contribution in [2.75, 3.05) is 6.54 Å². The van der Waals surface area contributed by atoms with Gasteiger partial charge in [-0.05, 0) is 25.3 Å². The summed E-state index contributed by atoms with van der Waals surface area (Å²) in [4.78, 5) is 24.1. The minimum absolute atomic E-state index is 0.00884. The largest absolute Gasteiger partial charge is 0.502 e. The van der Waals surface area contributed by atoms with Crippen molar-refractivity contribution < 1.29 is 14.8 Å². The average molecular weight is 264 g/mol. The first-order chi connectivity index (χ1) is 9.06. The summed E-state index contributed by atoms with van der Waals surface area (Å²) in [5, 5.41) is 20.6. The molecule has 1 amide bonds. The summed E-state index contributed by atoms with van der Waals surface area (Å²) < 4.78 is 0. The molecule has 1 aromatic carbocycles. The Morgan fingerprint density at radius 3 is 2.74 bits per heavy atom. The molecule has 0 spiro atoms. The molecule has 0 saturated heterocycles. The maximum Gasteiger partial charge on any atom is 0.311 e. The number of hydrogen-bond acceptors (Lipinski definition) is 4. The Morgan fingerprint density at radius 1 is 1.53 bits per heavy atom. The van der Waals surface area contributed by atoms with Gasteiger partial charge in [0.25, 0.3) is 5.91 Å². The molecule has 6 nitrogen and oxygen atoms in total. The molecule has 0 atom stereocenters. The molecule has 0 bridgehead atoms. The van der Waals surface area contributed by atoms with Crippen LogP contribution in [0.1, 0.15) is 36.5 Å². The predicted molar refractivity (Wildman–Crippen MR) is 69.1 cm³/mol. The topological polar surface area (TPSA) is 83.7 Å². The lowest BCUT2D eigenvalue weighted by Crippen LogP contribution is -2.33. The summed E-state index contributed by atoms with van der Waals surface area (Å²) in [5.41, 5.74) is -0.423. The van der Waals surface area contributed by atoms with Crippen molar-refractivity contribution in [1.82, 2.24) is 4.90 Å². The monoisotopic (exact) mass is 264 g/mol. The number of carbonyl (C=O) groups is 1. The predicted octanol–water partition coefficient (Wildman–Crippen LogP) is 2.32. The van der Waals surface area contributed by atoms with Gasteiger partial charge < -0.3 is 10.0 Å². The third-order valence-electron chi connectivity index (χ3n) is 3.15. The molecule has 6 heteroatoms. The van der Waals surface area contributed by atoms with Gasteiger partial charge in [0, 0.05) is 18.7 Å². The van der Waals surface area contributed by atoms with Crippen molar-refractivity contribution in [3.63, 3.8) is 0 Å². The minimum Gasteiger partial charge on any atom is -0.502 e. The van der Waals surface area contributed by atoms with E-state index in [4.69, 9.17) is 0 Å². The van der Waals surface area contributed by atoms with Crippen LogP contribution in [0.3, 0.4) is 0 Å². The van der Waals surface area contributed by atoms with Gasteiger partial charge >= 0.3 is 5.69 Å². The fourth-order valence-electron chi connectivity index (χ4n) is 2.08. The Balaban J connectivity index is 2.32. The van der Waals surface area contributed by atoms with Crippen LogP contribution in [0.5, 0.6) is 5.75 Å². The summed E-state index contributed by atoms with van der Waals surface area (Å²) in [6.07, 6.45) is 2.74. The second-order valence-corrected chi connectivity index (χ2v) is 4.66. The normalized spacial score (nSPS) is 14.2. The highest BCUT2D eigenvalue weighted by Crippen LogP contribution is 2.33. The number of rotatable bonds is 5. The molecule has 0 heterocycles. The van der Waals surface area contributed by atoms with Gasteiger partial charge in [-0.25, -0.2) is 0 Å². The van der Waals surface area contributed by atoms with Crippen molar-refractivity contribution in [2.45, 2.75) is 32.2 Å². The van der Waals surface area contributed by atoms with E-state index in [2.05, 4.69) is 0 Å². The molecule has 0 radical (unpaired) electrons. The summed E-state index contributed by atoms with van der Waals surface area (Å²) in [5.74, 6) is -0.871. The van der Waals surface area contributed by atoms with Gasteiger partial charge in [0.05, 0.1) is 10.5 Å². The molecule has 0 aliphatic heterocycles. The summed E-state index contributed by atoms with van der Waals surface area (Å²) in [6, 6.07) is 4.25. The number of hydrogen-bond donors (Lipinski definition) is 1. The third kappa shape index (κ3) is 2.67. The number of amides is 1. The molecular formula is C13H16N2O4. The zero-order valence-electron chi connectivity index (χ0n) is 10.7. The van der Waals surface area contributed by atoms with Crippen LogP contribution >= 0.6 is 0 Å². The number of benzene rings is 1. The van der Waals surface area contributed by atoms with Gasteiger partial charge in [0.2, 0.25) is 5.75 Å². The average Bonchev–Trinajstić information content (AvgIpc) is 3.19. The van der Waals surface area contributed by atoms with Crippen LogP contribution in [0.4, 0.5) is 5.69 Å². The van der Waals surface area contributed by atoms with Gasteiger partial charge in [0.15, 0.2) is 0 Å². The summed E-state index contributed by atoms with van der Waals surface area (Å²) >= 11 is 0. The van der Waals surface area contributed by atoms with E-state index in [0.29, 0.717) is 6.54 Å². The standard InChI is InChI=1S/C13H16N2O4/c1-2-8-14(9-6-7-9)13(17)10-4-3-5-11(12(10)16)15(18)19/h3-5,9,16H,2,6-8H2,1H3. The Morgan fingerprint density at radius 2 is 2.21 bits per heavy atom. The molecule has 1 N–H and O–H groups in total. The van der Waals surface area contributed by atoms with Crippen molar-refractivity contribution in [3.05, 3.63) is 33.9 Å². The minimum atomic E-state index is -0.687. The van der Waals surface area contributed by atoms with Gasteiger partial charge in [-0.15, -0.1) is 0 Å².